The van der Waals surface area contributed by atoms with Crippen LogP contribution in [0.1, 0.15) is 50.5 Å². The molecule has 1 N–H and O–H groups in total. The second-order valence-corrected chi connectivity index (χ2v) is 7.78. The Bertz CT molecular complexity index is 997. The molecule has 0 saturated heterocycles. The minimum Gasteiger partial charge on any atom is -0.493 e. The fraction of sp³-hybridized carbons (Fsp3) is 0.455. The Labute approximate surface area is 164 Å². The number of nitrogens with zero attached hydrogens (tertiary/aromatic N) is 3. The smallest absolute Gasteiger partial charge is 0.140 e. The lowest BCUT2D eigenvalue weighted by Crippen LogP contribution is -2.25. The van der Waals surface area contributed by atoms with Crippen LogP contribution in [-0.2, 0) is 0 Å². The van der Waals surface area contributed by atoms with Crippen molar-refractivity contribution < 1.29 is 9.13 Å². The summed E-state index contributed by atoms with van der Waals surface area (Å²) in [6.07, 6.45) is 8.04. The molecule has 3 aromatic heterocycles. The SMILES string of the molecule is CCOc1cc2ncc(-c3cccc(N[C@H]4CCC[C@@H]4F)n3)n2cc1C1CC1. The molecule has 3 aromatic rings. The van der Waals surface area contributed by atoms with Crippen molar-refractivity contribution in [3.63, 3.8) is 0 Å². The predicted octanol–water partition coefficient (Wildman–Crippen LogP) is 4.97. The van der Waals surface area contributed by atoms with E-state index in [0.717, 1.165) is 41.4 Å². The summed E-state index contributed by atoms with van der Waals surface area (Å²) in [7, 11) is 0. The van der Waals surface area contributed by atoms with E-state index in [1.54, 1.807) is 0 Å². The first-order valence-electron chi connectivity index (χ1n) is 10.2. The van der Waals surface area contributed by atoms with Gasteiger partial charge in [0.2, 0.25) is 0 Å². The number of hydrogen-bond donors (Lipinski definition) is 1. The molecule has 0 spiro atoms. The largest absolute Gasteiger partial charge is 0.493 e. The molecule has 0 unspecified atom stereocenters. The van der Waals surface area contributed by atoms with E-state index in [0.29, 0.717) is 18.9 Å². The lowest BCUT2D eigenvalue weighted by molar-refractivity contribution is 0.323. The number of nitrogens with one attached hydrogen (secondary N) is 1. The van der Waals surface area contributed by atoms with Gasteiger partial charge in [-0.05, 0) is 57.1 Å². The summed E-state index contributed by atoms with van der Waals surface area (Å²) in [6.45, 7) is 2.65. The normalized spacial score (nSPS) is 21.9. The number of pyridine rings is 2. The maximum Gasteiger partial charge on any atom is 0.140 e. The summed E-state index contributed by atoms with van der Waals surface area (Å²) in [4.78, 5) is 9.31. The molecule has 0 aromatic carbocycles. The van der Waals surface area contributed by atoms with Crippen molar-refractivity contribution in [3.05, 3.63) is 42.2 Å². The Kier molecular flexibility index (Phi) is 4.41. The van der Waals surface area contributed by atoms with Gasteiger partial charge in [0.15, 0.2) is 0 Å². The average Bonchev–Trinajstić information content (AvgIpc) is 3.35. The molecule has 3 heterocycles. The number of ether oxygens (including phenoxy) is 1. The molecule has 2 aliphatic rings. The minimum atomic E-state index is -0.792. The van der Waals surface area contributed by atoms with Crippen molar-refractivity contribution in [2.45, 2.75) is 57.2 Å². The first kappa shape index (κ1) is 17.5. The second-order valence-electron chi connectivity index (χ2n) is 7.78. The highest BCUT2D eigenvalue weighted by molar-refractivity contribution is 5.64. The van der Waals surface area contributed by atoms with Gasteiger partial charge >= 0.3 is 0 Å². The number of halogens is 1. The fourth-order valence-corrected chi connectivity index (χ4v) is 4.12. The van der Waals surface area contributed by atoms with Gasteiger partial charge in [-0.2, -0.15) is 0 Å². The van der Waals surface area contributed by atoms with Crippen molar-refractivity contribution in [2.24, 2.45) is 0 Å². The van der Waals surface area contributed by atoms with Gasteiger partial charge in [-0.15, -0.1) is 0 Å². The molecule has 0 bridgehead atoms. The highest BCUT2D eigenvalue weighted by Crippen LogP contribution is 2.45. The number of rotatable bonds is 6. The highest BCUT2D eigenvalue weighted by Gasteiger charge is 2.29. The minimum absolute atomic E-state index is 0.139. The number of alkyl halides is 1. The molecule has 146 valence electrons. The number of anilines is 1. The molecular formula is C22H25FN4O. The average molecular weight is 380 g/mol. The summed E-state index contributed by atoms with van der Waals surface area (Å²) < 4.78 is 21.9. The van der Waals surface area contributed by atoms with E-state index in [1.807, 2.05) is 37.4 Å². The third kappa shape index (κ3) is 3.21. The molecule has 28 heavy (non-hydrogen) atoms. The van der Waals surface area contributed by atoms with Crippen LogP contribution in [0.25, 0.3) is 17.0 Å². The van der Waals surface area contributed by atoms with Gasteiger partial charge in [0.25, 0.3) is 0 Å². The van der Waals surface area contributed by atoms with E-state index < -0.39 is 6.17 Å². The summed E-state index contributed by atoms with van der Waals surface area (Å²) in [5.74, 6) is 2.23. The first-order chi connectivity index (χ1) is 13.7. The Morgan fingerprint density at radius 1 is 1.25 bits per heavy atom. The van der Waals surface area contributed by atoms with Crippen LogP contribution in [0.2, 0.25) is 0 Å². The van der Waals surface area contributed by atoms with Crippen LogP contribution < -0.4 is 10.1 Å². The van der Waals surface area contributed by atoms with E-state index in [4.69, 9.17) is 9.72 Å². The summed E-state index contributed by atoms with van der Waals surface area (Å²) in [5.41, 5.74) is 3.86. The van der Waals surface area contributed by atoms with Crippen LogP contribution in [0.15, 0.2) is 36.7 Å². The molecule has 0 amide bonds. The van der Waals surface area contributed by atoms with Crippen LogP contribution in [0, 0.1) is 0 Å². The monoisotopic (exact) mass is 380 g/mol. The molecule has 0 aliphatic heterocycles. The molecule has 0 radical (unpaired) electrons. The fourth-order valence-electron chi connectivity index (χ4n) is 4.12. The summed E-state index contributed by atoms with van der Waals surface area (Å²) >= 11 is 0. The molecule has 6 heteroatoms. The maximum absolute atomic E-state index is 14.0. The van der Waals surface area contributed by atoms with E-state index >= 15 is 0 Å². The van der Waals surface area contributed by atoms with Crippen LogP contribution in [0.3, 0.4) is 0 Å². The van der Waals surface area contributed by atoms with Crippen LogP contribution in [0.4, 0.5) is 10.2 Å². The van der Waals surface area contributed by atoms with Crippen molar-refractivity contribution in [1.29, 1.82) is 0 Å². The molecule has 2 fully saturated rings. The number of fused-ring (bicyclic) bond motifs is 1. The quantitative estimate of drug-likeness (QED) is 0.656. The van der Waals surface area contributed by atoms with E-state index in [9.17, 15) is 4.39 Å². The van der Waals surface area contributed by atoms with Crippen molar-refractivity contribution in [1.82, 2.24) is 14.4 Å². The maximum atomic E-state index is 14.0. The topological polar surface area (TPSA) is 51.5 Å². The molecule has 2 atom stereocenters. The molecule has 2 aliphatic carbocycles. The third-order valence-corrected chi connectivity index (χ3v) is 5.73. The van der Waals surface area contributed by atoms with Gasteiger partial charge < -0.3 is 10.1 Å². The lowest BCUT2D eigenvalue weighted by atomic mass is 10.1. The highest BCUT2D eigenvalue weighted by atomic mass is 19.1. The predicted molar refractivity (Wildman–Crippen MR) is 108 cm³/mol. The zero-order valence-corrected chi connectivity index (χ0v) is 16.1. The standard InChI is InChI=1S/C22H25FN4O/c1-2-28-20-11-22-24-12-19(27(22)13-15(20)14-9-10-14)18-7-4-8-21(26-18)25-17-6-3-5-16(17)23/h4,7-8,11-14,16-17H,2-3,5-6,9-10H2,1H3,(H,25,26)/t16-,17-/m0/s1. The number of hydrogen-bond acceptors (Lipinski definition) is 4. The summed E-state index contributed by atoms with van der Waals surface area (Å²) in [6, 6.07) is 7.72. The number of imidazole rings is 1. The van der Waals surface area contributed by atoms with E-state index in [-0.39, 0.29) is 6.04 Å². The van der Waals surface area contributed by atoms with Crippen molar-refractivity contribution in [3.8, 4) is 17.1 Å². The van der Waals surface area contributed by atoms with Gasteiger partial charge in [0.05, 0.1) is 30.2 Å². The van der Waals surface area contributed by atoms with Gasteiger partial charge in [0.1, 0.15) is 23.4 Å². The number of aromatic nitrogens is 3. The van der Waals surface area contributed by atoms with E-state index in [1.165, 1.54) is 18.4 Å². The Hall–Kier alpha value is -2.63. The summed E-state index contributed by atoms with van der Waals surface area (Å²) in [5, 5.41) is 3.27. The van der Waals surface area contributed by atoms with Gasteiger partial charge in [-0.3, -0.25) is 4.40 Å². The zero-order valence-electron chi connectivity index (χ0n) is 16.1. The van der Waals surface area contributed by atoms with Gasteiger partial charge in [-0.25, -0.2) is 14.4 Å². The van der Waals surface area contributed by atoms with E-state index in [2.05, 4.69) is 20.9 Å². The zero-order chi connectivity index (χ0) is 19.1. The van der Waals surface area contributed by atoms with Crippen LogP contribution in [0.5, 0.6) is 5.75 Å². The van der Waals surface area contributed by atoms with Gasteiger partial charge in [-0.1, -0.05) is 6.07 Å². The third-order valence-electron chi connectivity index (χ3n) is 5.73. The molecule has 5 nitrogen and oxygen atoms in total. The first-order valence-corrected chi connectivity index (χ1v) is 10.2. The van der Waals surface area contributed by atoms with Crippen molar-refractivity contribution >= 4 is 11.5 Å². The Morgan fingerprint density at radius 3 is 2.89 bits per heavy atom. The lowest BCUT2D eigenvalue weighted by Gasteiger charge is -2.16. The second kappa shape index (κ2) is 7.08. The van der Waals surface area contributed by atoms with Crippen LogP contribution >= 0.6 is 0 Å². The Morgan fingerprint density at radius 2 is 2.14 bits per heavy atom. The van der Waals surface area contributed by atoms with Gasteiger partial charge in [0, 0.05) is 17.8 Å². The Balaban J connectivity index is 1.50. The molecule has 2 saturated carbocycles. The molecular weight excluding hydrogens is 355 g/mol. The van der Waals surface area contributed by atoms with Crippen molar-refractivity contribution in [2.75, 3.05) is 11.9 Å². The van der Waals surface area contributed by atoms with Crippen LogP contribution in [-0.4, -0.2) is 33.2 Å². The molecule has 5 rings (SSSR count).